The molecule has 0 bridgehead atoms. The van der Waals surface area contributed by atoms with Crippen molar-refractivity contribution in [3.8, 4) is 0 Å². The smallest absolute Gasteiger partial charge is 0.0325 e. The van der Waals surface area contributed by atoms with E-state index in [0.29, 0.717) is 0 Å². The van der Waals surface area contributed by atoms with Crippen LogP contribution in [0.4, 0.5) is 0 Å². The Morgan fingerprint density at radius 2 is 1.57 bits per heavy atom. The first-order valence-corrected chi connectivity index (χ1v) is 2.54. The van der Waals surface area contributed by atoms with Crippen LogP contribution in [0.5, 0.6) is 0 Å². The van der Waals surface area contributed by atoms with Gasteiger partial charge in [0.1, 0.15) is 0 Å². The molecule has 1 aliphatic heterocycles. The molecule has 7 heavy (non-hydrogen) atoms. The lowest BCUT2D eigenvalue weighted by atomic mass is 10.1. The summed E-state index contributed by atoms with van der Waals surface area (Å²) in [7, 11) is 6.28. The van der Waals surface area contributed by atoms with Crippen molar-refractivity contribution in [1.29, 1.82) is 0 Å². The van der Waals surface area contributed by atoms with Gasteiger partial charge in [0.2, 0.25) is 0 Å². The molecule has 1 rings (SSSR count). The minimum Gasteiger partial charge on any atom is -0.526 e. The lowest BCUT2D eigenvalue weighted by molar-refractivity contribution is 0.553. The highest BCUT2D eigenvalue weighted by Crippen LogP contribution is 1.92. The maximum atomic E-state index is 2.18. The highest BCUT2D eigenvalue weighted by molar-refractivity contribution is 6.29. The van der Waals surface area contributed by atoms with Gasteiger partial charge in [0, 0.05) is 0 Å². The van der Waals surface area contributed by atoms with Crippen LogP contribution in [-0.2, 0) is 0 Å². The molecule has 1 fully saturated rings. The van der Waals surface area contributed by atoms with Gasteiger partial charge in [-0.25, -0.2) is 0 Å². The van der Waals surface area contributed by atoms with Crippen LogP contribution >= 0.6 is 0 Å². The van der Waals surface area contributed by atoms with Gasteiger partial charge in [0.25, 0.3) is 0 Å². The maximum Gasteiger partial charge on any atom is -0.0325 e. The fourth-order valence-electron chi connectivity index (χ4n) is 0.767. The quantitative estimate of drug-likeness (QED) is 0.372. The molecule has 0 spiro atoms. The van der Waals surface area contributed by atoms with Crippen LogP contribution in [0.2, 0.25) is 0 Å². The molecule has 0 amide bonds. The minimum absolute atomic E-state index is 1.18. The van der Waals surface area contributed by atoms with Gasteiger partial charge < -0.3 is 9.62 Å². The first-order chi connectivity index (χ1) is 3.29. The summed E-state index contributed by atoms with van der Waals surface area (Å²) in [5.41, 5.74) is 0. The van der Waals surface area contributed by atoms with E-state index in [0.717, 1.165) is 0 Å². The summed E-state index contributed by atoms with van der Waals surface area (Å²) >= 11 is 0. The molecule has 1 aliphatic rings. The summed E-state index contributed by atoms with van der Waals surface area (Å²) in [6.45, 7) is 2.35. The van der Waals surface area contributed by atoms with Gasteiger partial charge in [-0.3, -0.25) is 0 Å². The molecule has 0 atom stereocenters. The zero-order chi connectivity index (χ0) is 5.28. The molecule has 0 aromatic heterocycles. The molecule has 40 valence electrons. The number of likely N-dealkylation sites (N-methyl/N-ethyl adjacent to an activating group) is 2. The molecular weight excluding hydrogens is 86.9 g/mol. The van der Waals surface area contributed by atoms with E-state index in [9.17, 15) is 0 Å². The lowest BCUT2D eigenvalue weighted by Gasteiger charge is -2.25. The zero-order valence-electron chi connectivity index (χ0n) is 4.89. The van der Waals surface area contributed by atoms with Crippen molar-refractivity contribution in [2.24, 2.45) is 0 Å². The van der Waals surface area contributed by atoms with Crippen LogP contribution in [0.3, 0.4) is 0 Å². The van der Waals surface area contributed by atoms with Crippen molar-refractivity contribution < 1.29 is 0 Å². The Morgan fingerprint density at radius 1 is 1.14 bits per heavy atom. The topological polar surface area (TPSA) is 6.48 Å². The average Bonchev–Trinajstić information content (AvgIpc) is 1.87. The fraction of sp³-hybridized carbons (Fsp3) is 1.00. The Bertz CT molecular complexity index is 58.7. The van der Waals surface area contributed by atoms with Crippen LogP contribution in [0.25, 0.3) is 0 Å². The predicted octanol–water partition coefficient (Wildman–Crippen LogP) is -0.602. The number of nitrogens with zero attached hydrogens (tertiary/aromatic N) is 2. The van der Waals surface area contributed by atoms with Crippen LogP contribution in [0, 0.1) is 0 Å². The molecule has 0 unspecified atom stereocenters. The Balaban J connectivity index is 2.26. The van der Waals surface area contributed by atoms with E-state index in [2.05, 4.69) is 31.3 Å². The predicted molar refractivity (Wildman–Crippen MR) is 31.0 cm³/mol. The molecule has 0 aromatic rings. The Hall–Kier alpha value is -0.0151. The van der Waals surface area contributed by atoms with E-state index >= 15 is 0 Å². The summed E-state index contributed by atoms with van der Waals surface area (Å²) in [5, 5.41) is 0. The molecule has 2 nitrogen and oxygen atoms in total. The third-order valence-corrected chi connectivity index (χ3v) is 1.20. The van der Waals surface area contributed by atoms with Crippen molar-refractivity contribution >= 4 is 7.55 Å². The lowest BCUT2D eigenvalue weighted by Crippen LogP contribution is -2.23. The molecule has 2 radical (unpaired) electrons. The second-order valence-electron chi connectivity index (χ2n) is 2.08. The first kappa shape index (κ1) is 5.13. The molecule has 0 N–H and O–H groups in total. The summed E-state index contributed by atoms with van der Waals surface area (Å²) in [6, 6.07) is 0. The SMILES string of the molecule is CN1[B-]N(C)CC1. The molecule has 0 saturated carbocycles. The van der Waals surface area contributed by atoms with Gasteiger partial charge in [-0.05, 0) is 13.1 Å². The van der Waals surface area contributed by atoms with Crippen LogP contribution < -0.4 is 0 Å². The average molecular weight is 97.0 g/mol. The van der Waals surface area contributed by atoms with E-state index in [1.54, 1.807) is 0 Å². The largest absolute Gasteiger partial charge is 0.526 e. The maximum absolute atomic E-state index is 2.18. The summed E-state index contributed by atoms with van der Waals surface area (Å²) in [6.07, 6.45) is 0. The number of rotatable bonds is 0. The highest BCUT2D eigenvalue weighted by Gasteiger charge is 1.95. The van der Waals surface area contributed by atoms with Crippen molar-refractivity contribution in [2.45, 2.75) is 0 Å². The Kier molecular flexibility index (Phi) is 1.35. The molecular formula is C4H10BN2-. The number of hydrogen-bond acceptors (Lipinski definition) is 2. The number of hydrogen-bond donors (Lipinski definition) is 0. The Morgan fingerprint density at radius 3 is 1.71 bits per heavy atom. The van der Waals surface area contributed by atoms with Crippen molar-refractivity contribution in [2.75, 3.05) is 27.2 Å². The van der Waals surface area contributed by atoms with Gasteiger partial charge in [-0.2, -0.15) is 7.55 Å². The zero-order valence-corrected chi connectivity index (χ0v) is 4.89. The third-order valence-electron chi connectivity index (χ3n) is 1.20. The van der Waals surface area contributed by atoms with E-state index in [-0.39, 0.29) is 0 Å². The standard InChI is InChI=1S/C4H10BN2/c1-6-3-4-7(2)5-6/h3-4H2,1-2H3/q-1. The fourth-order valence-corrected chi connectivity index (χ4v) is 0.767. The Labute approximate surface area is 45.4 Å². The third kappa shape index (κ3) is 1.18. The molecule has 0 aliphatic carbocycles. The normalized spacial score (nSPS) is 26.6. The molecule has 0 aromatic carbocycles. The summed E-state index contributed by atoms with van der Waals surface area (Å²) in [5.74, 6) is 0. The molecule has 1 saturated heterocycles. The van der Waals surface area contributed by atoms with Crippen molar-refractivity contribution in [3.63, 3.8) is 0 Å². The summed E-state index contributed by atoms with van der Waals surface area (Å²) < 4.78 is 0. The summed E-state index contributed by atoms with van der Waals surface area (Å²) in [4.78, 5) is 4.36. The van der Waals surface area contributed by atoms with Crippen molar-refractivity contribution in [3.05, 3.63) is 0 Å². The van der Waals surface area contributed by atoms with Gasteiger partial charge in [-0.15, -0.1) is 0 Å². The molecule has 1 heterocycles. The van der Waals surface area contributed by atoms with E-state index < -0.39 is 0 Å². The van der Waals surface area contributed by atoms with Crippen LogP contribution in [-0.4, -0.2) is 44.4 Å². The second-order valence-corrected chi connectivity index (χ2v) is 2.08. The van der Waals surface area contributed by atoms with Gasteiger partial charge >= 0.3 is 0 Å². The highest BCUT2D eigenvalue weighted by atomic mass is 15.2. The van der Waals surface area contributed by atoms with Gasteiger partial charge in [0.15, 0.2) is 0 Å². The van der Waals surface area contributed by atoms with E-state index in [1.165, 1.54) is 13.1 Å². The van der Waals surface area contributed by atoms with E-state index in [1.807, 2.05) is 0 Å². The van der Waals surface area contributed by atoms with Gasteiger partial charge in [-0.1, -0.05) is 14.1 Å². The van der Waals surface area contributed by atoms with Crippen molar-refractivity contribution in [1.82, 2.24) is 9.62 Å². The molecule has 3 heteroatoms. The van der Waals surface area contributed by atoms with E-state index in [4.69, 9.17) is 0 Å². The van der Waals surface area contributed by atoms with Crippen LogP contribution in [0.1, 0.15) is 0 Å². The minimum atomic E-state index is 1.18. The van der Waals surface area contributed by atoms with Gasteiger partial charge in [0.05, 0.1) is 0 Å². The first-order valence-electron chi connectivity index (χ1n) is 2.54. The second kappa shape index (κ2) is 1.84. The monoisotopic (exact) mass is 97.1 g/mol. The van der Waals surface area contributed by atoms with Crippen LogP contribution in [0.15, 0.2) is 0 Å².